The van der Waals surface area contributed by atoms with Gasteiger partial charge in [0.2, 0.25) is 0 Å². The average molecular weight is 269 g/mol. The SMILES string of the molecule is COC(=O)c1cnc(NCc2nc(C)cs2)s1. The van der Waals surface area contributed by atoms with Crippen molar-refractivity contribution in [1.82, 2.24) is 9.97 Å². The molecule has 0 unspecified atom stereocenters. The number of carbonyl (C=O) groups excluding carboxylic acids is 1. The predicted octanol–water partition coefficient (Wildman–Crippen LogP) is 2.31. The third kappa shape index (κ3) is 3.01. The number of nitrogens with zero attached hydrogens (tertiary/aromatic N) is 2. The normalized spacial score (nSPS) is 10.2. The van der Waals surface area contributed by atoms with Gasteiger partial charge in [0.1, 0.15) is 9.88 Å². The van der Waals surface area contributed by atoms with Crippen LogP contribution in [0.4, 0.5) is 5.13 Å². The Morgan fingerprint density at radius 1 is 1.59 bits per heavy atom. The summed E-state index contributed by atoms with van der Waals surface area (Å²) < 4.78 is 4.61. The Bertz CT molecular complexity index is 521. The molecule has 0 atom stereocenters. The highest BCUT2D eigenvalue weighted by molar-refractivity contribution is 7.17. The second-order valence-corrected chi connectivity index (χ2v) is 5.23. The molecule has 1 N–H and O–H groups in total. The van der Waals surface area contributed by atoms with E-state index in [2.05, 4.69) is 20.0 Å². The van der Waals surface area contributed by atoms with Gasteiger partial charge in [0.25, 0.3) is 0 Å². The van der Waals surface area contributed by atoms with Gasteiger partial charge in [0.05, 0.1) is 19.9 Å². The first-order valence-electron chi connectivity index (χ1n) is 4.88. The molecule has 0 aliphatic rings. The summed E-state index contributed by atoms with van der Waals surface area (Å²) in [6, 6.07) is 0. The van der Waals surface area contributed by atoms with Crippen LogP contribution in [0.1, 0.15) is 20.4 Å². The molecule has 2 rings (SSSR count). The van der Waals surface area contributed by atoms with Crippen molar-refractivity contribution in [3.8, 4) is 0 Å². The van der Waals surface area contributed by atoms with Crippen molar-refractivity contribution in [2.45, 2.75) is 13.5 Å². The molecule has 2 aromatic heterocycles. The maximum absolute atomic E-state index is 11.2. The minimum Gasteiger partial charge on any atom is -0.465 e. The maximum Gasteiger partial charge on any atom is 0.349 e. The molecule has 5 nitrogen and oxygen atoms in total. The summed E-state index contributed by atoms with van der Waals surface area (Å²) >= 11 is 2.87. The number of hydrogen-bond acceptors (Lipinski definition) is 7. The zero-order valence-electron chi connectivity index (χ0n) is 9.39. The number of thiazole rings is 2. The Labute approximate surface area is 106 Å². The average Bonchev–Trinajstić information content (AvgIpc) is 2.94. The number of aromatic nitrogens is 2. The Kier molecular flexibility index (Phi) is 3.70. The number of aryl methyl sites for hydroxylation is 1. The van der Waals surface area contributed by atoms with Gasteiger partial charge in [0, 0.05) is 11.1 Å². The second kappa shape index (κ2) is 5.24. The highest BCUT2D eigenvalue weighted by Crippen LogP contribution is 2.20. The zero-order valence-corrected chi connectivity index (χ0v) is 11.0. The molecule has 0 amide bonds. The van der Waals surface area contributed by atoms with Crippen LogP contribution < -0.4 is 5.32 Å². The van der Waals surface area contributed by atoms with Crippen LogP contribution in [0, 0.1) is 6.92 Å². The number of carbonyl (C=O) groups is 1. The molecule has 0 spiro atoms. The van der Waals surface area contributed by atoms with Crippen LogP contribution >= 0.6 is 22.7 Å². The van der Waals surface area contributed by atoms with E-state index in [-0.39, 0.29) is 5.97 Å². The molecule has 0 bridgehead atoms. The van der Waals surface area contributed by atoms with E-state index in [1.165, 1.54) is 24.6 Å². The van der Waals surface area contributed by atoms with E-state index >= 15 is 0 Å². The van der Waals surface area contributed by atoms with Crippen molar-refractivity contribution in [3.63, 3.8) is 0 Å². The molecule has 0 aliphatic heterocycles. The Balaban J connectivity index is 1.95. The molecular weight excluding hydrogens is 258 g/mol. The van der Waals surface area contributed by atoms with E-state index in [1.807, 2.05) is 12.3 Å². The van der Waals surface area contributed by atoms with Gasteiger partial charge in [-0.3, -0.25) is 0 Å². The highest BCUT2D eigenvalue weighted by atomic mass is 32.1. The van der Waals surface area contributed by atoms with E-state index in [1.54, 1.807) is 11.3 Å². The van der Waals surface area contributed by atoms with Gasteiger partial charge in [-0.25, -0.2) is 14.8 Å². The third-order valence-electron chi connectivity index (χ3n) is 1.95. The van der Waals surface area contributed by atoms with Gasteiger partial charge in [-0.2, -0.15) is 0 Å². The zero-order chi connectivity index (χ0) is 12.3. The maximum atomic E-state index is 11.2. The Morgan fingerprint density at radius 3 is 3.06 bits per heavy atom. The number of rotatable bonds is 4. The van der Waals surface area contributed by atoms with Gasteiger partial charge < -0.3 is 10.1 Å². The molecule has 90 valence electrons. The molecule has 7 heteroatoms. The van der Waals surface area contributed by atoms with E-state index < -0.39 is 0 Å². The fraction of sp³-hybridized carbons (Fsp3) is 0.300. The van der Waals surface area contributed by atoms with Gasteiger partial charge >= 0.3 is 5.97 Å². The summed E-state index contributed by atoms with van der Waals surface area (Å²) in [4.78, 5) is 20.1. The van der Waals surface area contributed by atoms with Crippen LogP contribution in [0.3, 0.4) is 0 Å². The lowest BCUT2D eigenvalue weighted by Crippen LogP contribution is -1.98. The van der Waals surface area contributed by atoms with Crippen molar-refractivity contribution in [1.29, 1.82) is 0 Å². The lowest BCUT2D eigenvalue weighted by molar-refractivity contribution is 0.0606. The highest BCUT2D eigenvalue weighted by Gasteiger charge is 2.10. The van der Waals surface area contributed by atoms with Crippen molar-refractivity contribution >= 4 is 33.8 Å². The van der Waals surface area contributed by atoms with Gasteiger partial charge in [-0.1, -0.05) is 11.3 Å². The number of anilines is 1. The summed E-state index contributed by atoms with van der Waals surface area (Å²) in [6.45, 7) is 2.57. The van der Waals surface area contributed by atoms with Crippen molar-refractivity contribution < 1.29 is 9.53 Å². The molecule has 2 aromatic rings. The molecule has 0 aromatic carbocycles. The molecule has 0 saturated heterocycles. The topological polar surface area (TPSA) is 64.1 Å². The van der Waals surface area contributed by atoms with Gasteiger partial charge in [-0.05, 0) is 6.92 Å². The molecule has 0 fully saturated rings. The van der Waals surface area contributed by atoms with Crippen LogP contribution in [0.25, 0.3) is 0 Å². The van der Waals surface area contributed by atoms with E-state index in [0.717, 1.165) is 10.7 Å². The first-order valence-corrected chi connectivity index (χ1v) is 6.57. The van der Waals surface area contributed by atoms with E-state index in [0.29, 0.717) is 16.6 Å². The lowest BCUT2D eigenvalue weighted by Gasteiger charge is -1.97. The van der Waals surface area contributed by atoms with Crippen LogP contribution in [0.2, 0.25) is 0 Å². The fourth-order valence-corrected chi connectivity index (χ4v) is 2.63. The Hall–Kier alpha value is -1.47. The van der Waals surface area contributed by atoms with Crippen molar-refractivity contribution in [3.05, 3.63) is 27.2 Å². The number of ether oxygens (including phenoxy) is 1. The number of esters is 1. The van der Waals surface area contributed by atoms with Gasteiger partial charge in [-0.15, -0.1) is 11.3 Å². The first kappa shape index (κ1) is 12.0. The molecular formula is C10H11N3O2S2. The van der Waals surface area contributed by atoms with Crippen molar-refractivity contribution in [2.24, 2.45) is 0 Å². The third-order valence-corrected chi connectivity index (χ3v) is 3.85. The van der Waals surface area contributed by atoms with Crippen LogP contribution in [-0.4, -0.2) is 23.0 Å². The van der Waals surface area contributed by atoms with Crippen LogP contribution in [-0.2, 0) is 11.3 Å². The second-order valence-electron chi connectivity index (χ2n) is 3.26. The molecule has 2 heterocycles. The summed E-state index contributed by atoms with van der Waals surface area (Å²) in [5.74, 6) is -0.361. The van der Waals surface area contributed by atoms with Gasteiger partial charge in [0.15, 0.2) is 5.13 Å². The Morgan fingerprint density at radius 2 is 2.41 bits per heavy atom. The molecule has 0 radical (unpaired) electrons. The number of hydrogen-bond donors (Lipinski definition) is 1. The molecule has 17 heavy (non-hydrogen) atoms. The summed E-state index contributed by atoms with van der Waals surface area (Å²) in [7, 11) is 1.35. The van der Waals surface area contributed by atoms with E-state index in [9.17, 15) is 4.79 Å². The fourth-order valence-electron chi connectivity index (χ4n) is 1.19. The van der Waals surface area contributed by atoms with Crippen LogP contribution in [0.5, 0.6) is 0 Å². The minimum absolute atomic E-state index is 0.361. The lowest BCUT2D eigenvalue weighted by atomic mass is 10.6. The minimum atomic E-state index is -0.361. The number of methoxy groups -OCH3 is 1. The van der Waals surface area contributed by atoms with Crippen molar-refractivity contribution in [2.75, 3.05) is 12.4 Å². The predicted molar refractivity (Wildman–Crippen MR) is 67.6 cm³/mol. The summed E-state index contributed by atoms with van der Waals surface area (Å²) in [6.07, 6.45) is 1.51. The summed E-state index contributed by atoms with van der Waals surface area (Å²) in [5.41, 5.74) is 1.01. The quantitative estimate of drug-likeness (QED) is 0.863. The first-order chi connectivity index (χ1) is 8.19. The standard InChI is InChI=1S/C10H11N3O2S2/c1-6-5-16-8(13-6)4-12-10-11-3-7(17-10)9(14)15-2/h3,5H,4H2,1-2H3,(H,11,12). The summed E-state index contributed by atoms with van der Waals surface area (Å²) in [5, 5.41) is 6.81. The monoisotopic (exact) mass is 269 g/mol. The largest absolute Gasteiger partial charge is 0.465 e. The smallest absolute Gasteiger partial charge is 0.349 e. The number of nitrogens with one attached hydrogen (secondary N) is 1. The molecule has 0 aliphatic carbocycles. The van der Waals surface area contributed by atoms with Crippen LogP contribution in [0.15, 0.2) is 11.6 Å². The molecule has 0 saturated carbocycles. The van der Waals surface area contributed by atoms with E-state index in [4.69, 9.17) is 0 Å².